The van der Waals surface area contributed by atoms with Gasteiger partial charge in [-0.15, -0.1) is 0 Å². The highest BCUT2D eigenvalue weighted by molar-refractivity contribution is 8.13. The van der Waals surface area contributed by atoms with E-state index in [2.05, 4.69) is 5.32 Å². The molecule has 0 saturated heterocycles. The first-order valence-corrected chi connectivity index (χ1v) is 10.00. The summed E-state index contributed by atoms with van der Waals surface area (Å²) in [6.45, 7) is 2.55. The lowest BCUT2D eigenvalue weighted by Crippen LogP contribution is -2.48. The van der Waals surface area contributed by atoms with Crippen LogP contribution < -0.4 is 20.4 Å². The molecule has 29 heavy (non-hydrogen) atoms. The summed E-state index contributed by atoms with van der Waals surface area (Å²) in [6.07, 6.45) is 1.52. The number of hydrogen-bond acceptors (Lipinski definition) is 5. The van der Waals surface area contributed by atoms with Crippen molar-refractivity contribution in [3.63, 3.8) is 0 Å². The van der Waals surface area contributed by atoms with E-state index >= 15 is 0 Å². The molecular formula is C20H22FN3O4S. The largest absolute Gasteiger partial charge is 0.492 e. The van der Waals surface area contributed by atoms with Crippen molar-refractivity contribution >= 4 is 28.7 Å². The van der Waals surface area contributed by atoms with Crippen LogP contribution >= 0.6 is 11.8 Å². The molecule has 0 aromatic heterocycles. The van der Waals surface area contributed by atoms with Crippen molar-refractivity contribution in [1.82, 2.24) is 10.8 Å². The number of ether oxygens (including phenoxy) is 1. The molecule has 154 valence electrons. The number of thioether (sulfide) groups is 1. The second-order valence-corrected chi connectivity index (χ2v) is 7.63. The number of halogens is 1. The molecular weight excluding hydrogens is 397 g/mol. The number of hydrogen-bond donors (Lipinski definition) is 3. The number of nitrogens with one attached hydrogen (secondary N) is 2. The van der Waals surface area contributed by atoms with Gasteiger partial charge in [0.25, 0.3) is 0 Å². The van der Waals surface area contributed by atoms with Crippen molar-refractivity contribution in [1.29, 1.82) is 0 Å². The zero-order valence-electron chi connectivity index (χ0n) is 15.9. The third kappa shape index (κ3) is 5.39. The number of nitrogens with zero attached hydrogens (tertiary/aromatic N) is 1. The van der Waals surface area contributed by atoms with E-state index in [-0.39, 0.29) is 24.5 Å². The maximum Gasteiger partial charge on any atom is 0.322 e. The predicted octanol–water partition coefficient (Wildman–Crippen LogP) is 3.95. The van der Waals surface area contributed by atoms with E-state index in [1.807, 2.05) is 6.92 Å². The summed E-state index contributed by atoms with van der Waals surface area (Å²) in [7, 11) is 0. The minimum absolute atomic E-state index is 0.0232. The van der Waals surface area contributed by atoms with E-state index in [9.17, 15) is 14.0 Å². The molecule has 0 saturated carbocycles. The van der Waals surface area contributed by atoms with E-state index < -0.39 is 5.24 Å². The first-order chi connectivity index (χ1) is 14.0. The molecule has 1 aliphatic heterocycles. The molecule has 0 radical (unpaired) electrons. The van der Waals surface area contributed by atoms with Crippen molar-refractivity contribution in [2.75, 3.05) is 18.1 Å². The van der Waals surface area contributed by atoms with Crippen LogP contribution in [0.15, 0.2) is 47.4 Å². The molecule has 2 aromatic rings. The van der Waals surface area contributed by atoms with Crippen molar-refractivity contribution < 1.29 is 23.9 Å². The van der Waals surface area contributed by atoms with Gasteiger partial charge in [0.05, 0.1) is 6.54 Å². The first-order valence-electron chi connectivity index (χ1n) is 9.18. The van der Waals surface area contributed by atoms with E-state index in [1.165, 1.54) is 12.1 Å². The van der Waals surface area contributed by atoms with E-state index in [0.29, 0.717) is 17.2 Å². The lowest BCUT2D eigenvalue weighted by atomic mass is 9.97. The van der Waals surface area contributed by atoms with Crippen LogP contribution in [0.1, 0.15) is 18.9 Å². The molecule has 1 unspecified atom stereocenters. The summed E-state index contributed by atoms with van der Waals surface area (Å²) in [6, 6.07) is 11.1. The van der Waals surface area contributed by atoms with Crippen LogP contribution in [0.3, 0.4) is 0 Å². The standard InChI is InChI=1S/C20H22FN3O4S/c1-13-2-3-14-12-15(21)4-9-18(14)24(13)19(25)22-10-11-28-16-5-7-17(8-6-16)29-20(26)23-27/h4-9,12-13,27H,2-3,10-11H2,1H3,(H,22,25)(H,23,26). The summed E-state index contributed by atoms with van der Waals surface area (Å²) in [5.41, 5.74) is 3.12. The molecule has 3 N–H and O–H groups in total. The fraction of sp³-hybridized carbons (Fsp3) is 0.300. The van der Waals surface area contributed by atoms with E-state index in [4.69, 9.17) is 9.94 Å². The lowest BCUT2D eigenvalue weighted by molar-refractivity contribution is 0.180. The van der Waals surface area contributed by atoms with Crippen LogP contribution in [0.4, 0.5) is 19.7 Å². The van der Waals surface area contributed by atoms with Gasteiger partial charge < -0.3 is 10.1 Å². The Balaban J connectivity index is 1.50. The summed E-state index contributed by atoms with van der Waals surface area (Å²) in [5, 5.41) is 10.8. The number of anilines is 1. The molecule has 1 aliphatic rings. The van der Waals surface area contributed by atoms with E-state index in [0.717, 1.165) is 35.9 Å². The minimum Gasteiger partial charge on any atom is -0.492 e. The number of urea groups is 1. The smallest absolute Gasteiger partial charge is 0.322 e. The highest BCUT2D eigenvalue weighted by Crippen LogP contribution is 2.31. The van der Waals surface area contributed by atoms with Crippen LogP contribution in [0, 0.1) is 5.82 Å². The van der Waals surface area contributed by atoms with Crippen molar-refractivity contribution in [3.8, 4) is 5.75 Å². The number of hydroxylamine groups is 1. The fourth-order valence-corrected chi connectivity index (χ4v) is 3.71. The molecule has 1 heterocycles. The predicted molar refractivity (Wildman–Crippen MR) is 108 cm³/mol. The Bertz CT molecular complexity index is 879. The third-order valence-electron chi connectivity index (χ3n) is 4.56. The number of rotatable bonds is 5. The molecule has 3 rings (SSSR count). The van der Waals surface area contributed by atoms with Gasteiger partial charge in [0, 0.05) is 16.6 Å². The molecule has 7 nitrogen and oxygen atoms in total. The molecule has 0 spiro atoms. The van der Waals surface area contributed by atoms with Gasteiger partial charge in [-0.2, -0.15) is 0 Å². The van der Waals surface area contributed by atoms with Gasteiger partial charge >= 0.3 is 11.3 Å². The van der Waals surface area contributed by atoms with Gasteiger partial charge in [0.2, 0.25) is 0 Å². The van der Waals surface area contributed by atoms with Crippen molar-refractivity contribution in [2.45, 2.75) is 30.7 Å². The molecule has 0 fully saturated rings. The van der Waals surface area contributed by atoms with Crippen molar-refractivity contribution in [3.05, 3.63) is 53.8 Å². The second kappa shape index (κ2) is 9.62. The summed E-state index contributed by atoms with van der Waals surface area (Å²) in [4.78, 5) is 26.1. The van der Waals surface area contributed by atoms with Gasteiger partial charge in [-0.05, 0) is 79.6 Å². The van der Waals surface area contributed by atoms with Gasteiger partial charge in [0.1, 0.15) is 18.2 Å². The first kappa shape index (κ1) is 20.9. The van der Waals surface area contributed by atoms with Gasteiger partial charge in [-0.3, -0.25) is 14.9 Å². The average molecular weight is 419 g/mol. The monoisotopic (exact) mass is 419 g/mol. The quantitative estimate of drug-likeness (QED) is 0.296. The van der Waals surface area contributed by atoms with Crippen LogP contribution in [0.25, 0.3) is 0 Å². The summed E-state index contributed by atoms with van der Waals surface area (Å²) >= 11 is 0.854. The Morgan fingerprint density at radius 3 is 2.76 bits per heavy atom. The normalized spacial score (nSPS) is 15.4. The average Bonchev–Trinajstić information content (AvgIpc) is 2.72. The maximum absolute atomic E-state index is 13.5. The number of amides is 3. The molecule has 9 heteroatoms. The van der Waals surface area contributed by atoms with E-state index in [1.54, 1.807) is 40.7 Å². The lowest BCUT2D eigenvalue weighted by Gasteiger charge is -2.35. The maximum atomic E-state index is 13.5. The van der Waals surface area contributed by atoms with Crippen LogP contribution in [0.5, 0.6) is 5.75 Å². The molecule has 2 aromatic carbocycles. The molecule has 0 bridgehead atoms. The Hall–Kier alpha value is -2.78. The zero-order chi connectivity index (χ0) is 20.8. The highest BCUT2D eigenvalue weighted by atomic mass is 32.2. The van der Waals surface area contributed by atoms with Gasteiger partial charge in [0.15, 0.2) is 0 Å². The van der Waals surface area contributed by atoms with Crippen LogP contribution in [-0.4, -0.2) is 35.7 Å². The van der Waals surface area contributed by atoms with Crippen LogP contribution in [-0.2, 0) is 6.42 Å². The molecule has 0 aliphatic carbocycles. The third-order valence-corrected chi connectivity index (χ3v) is 5.35. The Morgan fingerprint density at radius 1 is 1.28 bits per heavy atom. The zero-order valence-corrected chi connectivity index (χ0v) is 16.7. The minimum atomic E-state index is -0.572. The Kier molecular flexibility index (Phi) is 6.95. The number of carbonyl (C=O) groups excluding carboxylic acids is 2. The number of carbonyl (C=O) groups is 2. The Morgan fingerprint density at radius 2 is 2.03 bits per heavy atom. The highest BCUT2D eigenvalue weighted by Gasteiger charge is 2.28. The summed E-state index contributed by atoms with van der Waals surface area (Å²) in [5.74, 6) is 0.300. The van der Waals surface area contributed by atoms with Gasteiger partial charge in [-0.1, -0.05) is 0 Å². The fourth-order valence-electron chi connectivity index (χ4n) is 3.18. The van der Waals surface area contributed by atoms with Crippen molar-refractivity contribution in [2.24, 2.45) is 0 Å². The second-order valence-electron chi connectivity index (χ2n) is 6.58. The summed E-state index contributed by atoms with van der Waals surface area (Å²) < 4.78 is 19.1. The Labute approximate surface area is 172 Å². The number of aryl methyl sites for hydroxylation is 1. The van der Waals surface area contributed by atoms with Crippen LogP contribution in [0.2, 0.25) is 0 Å². The molecule has 1 atom stereocenters. The van der Waals surface area contributed by atoms with Gasteiger partial charge in [-0.25, -0.2) is 14.7 Å². The topological polar surface area (TPSA) is 90.9 Å². The number of fused-ring (bicyclic) bond motifs is 1. The number of benzene rings is 2. The SMILES string of the molecule is CC1CCc2cc(F)ccc2N1C(=O)NCCOc1ccc(SC(=O)NO)cc1. The molecule has 3 amide bonds.